The van der Waals surface area contributed by atoms with E-state index in [4.69, 9.17) is 11.6 Å². The normalized spacial score (nSPS) is 10.1. The van der Waals surface area contributed by atoms with E-state index in [9.17, 15) is 4.79 Å². The molecule has 3 nitrogen and oxygen atoms in total. The topological polar surface area (TPSA) is 45.8 Å². The van der Waals surface area contributed by atoms with Crippen LogP contribution in [0, 0.1) is 0 Å². The van der Waals surface area contributed by atoms with E-state index in [1.807, 2.05) is 30.3 Å². The predicted octanol–water partition coefficient (Wildman–Crippen LogP) is 2.46. The number of aromatic nitrogens is 2. The summed E-state index contributed by atoms with van der Waals surface area (Å²) in [6.07, 6.45) is 1.59. The number of carbonyl (C=O) groups is 1. The number of H-pyrrole nitrogens is 1. The Hall–Kier alpha value is -1.61. The molecule has 14 heavy (non-hydrogen) atoms. The molecule has 1 aromatic carbocycles. The fourth-order valence-electron chi connectivity index (χ4n) is 1.27. The second-order valence-electron chi connectivity index (χ2n) is 2.80. The number of hydrogen-bond acceptors (Lipinski definition) is 2. The van der Waals surface area contributed by atoms with Crippen molar-refractivity contribution in [3.8, 4) is 11.1 Å². The second kappa shape index (κ2) is 3.64. The summed E-state index contributed by atoms with van der Waals surface area (Å²) >= 11 is 5.39. The van der Waals surface area contributed by atoms with Crippen molar-refractivity contribution in [3.05, 3.63) is 42.2 Å². The molecule has 0 aliphatic carbocycles. The molecule has 0 saturated heterocycles. The molecule has 0 aliphatic rings. The van der Waals surface area contributed by atoms with Crippen LogP contribution in [0.2, 0.25) is 0 Å². The average Bonchev–Trinajstić information content (AvgIpc) is 2.67. The van der Waals surface area contributed by atoms with Gasteiger partial charge < -0.3 is 0 Å². The predicted molar refractivity (Wildman–Crippen MR) is 54.2 cm³/mol. The van der Waals surface area contributed by atoms with Crippen molar-refractivity contribution in [2.75, 3.05) is 0 Å². The van der Waals surface area contributed by atoms with Crippen molar-refractivity contribution in [2.45, 2.75) is 0 Å². The van der Waals surface area contributed by atoms with Gasteiger partial charge in [-0.25, -0.2) is 0 Å². The Kier molecular flexibility index (Phi) is 2.33. The van der Waals surface area contributed by atoms with Crippen molar-refractivity contribution in [3.63, 3.8) is 0 Å². The van der Waals surface area contributed by atoms with Gasteiger partial charge in [0.15, 0.2) is 0 Å². The molecule has 2 aromatic rings. The zero-order valence-corrected chi connectivity index (χ0v) is 7.95. The smallest absolute Gasteiger partial charge is 0.270 e. The molecular formula is C10H7ClN2O. The van der Waals surface area contributed by atoms with Crippen LogP contribution in [0.15, 0.2) is 36.5 Å². The van der Waals surface area contributed by atoms with E-state index in [-0.39, 0.29) is 0 Å². The van der Waals surface area contributed by atoms with Gasteiger partial charge in [0.2, 0.25) is 0 Å². The van der Waals surface area contributed by atoms with Gasteiger partial charge in [0, 0.05) is 5.56 Å². The Morgan fingerprint density at radius 1 is 1.29 bits per heavy atom. The van der Waals surface area contributed by atoms with E-state index < -0.39 is 5.24 Å². The molecule has 0 amide bonds. The van der Waals surface area contributed by atoms with Gasteiger partial charge in [-0.1, -0.05) is 30.3 Å². The molecule has 0 bridgehead atoms. The molecule has 2 rings (SSSR count). The highest BCUT2D eigenvalue weighted by Gasteiger charge is 2.12. The molecule has 0 fully saturated rings. The van der Waals surface area contributed by atoms with Crippen molar-refractivity contribution in [1.82, 2.24) is 10.2 Å². The number of carbonyl (C=O) groups excluding carboxylic acids is 1. The monoisotopic (exact) mass is 206 g/mol. The number of halogens is 1. The highest BCUT2D eigenvalue weighted by molar-refractivity contribution is 6.68. The van der Waals surface area contributed by atoms with Gasteiger partial charge in [0.25, 0.3) is 5.24 Å². The molecule has 0 unspecified atom stereocenters. The zero-order chi connectivity index (χ0) is 9.97. The zero-order valence-electron chi connectivity index (χ0n) is 7.20. The first-order chi connectivity index (χ1) is 6.79. The molecule has 1 N–H and O–H groups in total. The van der Waals surface area contributed by atoms with E-state index in [1.165, 1.54) is 0 Å². The minimum Gasteiger partial charge on any atom is -0.274 e. The quantitative estimate of drug-likeness (QED) is 0.768. The molecular weight excluding hydrogens is 200 g/mol. The van der Waals surface area contributed by atoms with Gasteiger partial charge in [-0.3, -0.25) is 9.89 Å². The maximum absolute atomic E-state index is 11.0. The van der Waals surface area contributed by atoms with Gasteiger partial charge in [-0.15, -0.1) is 0 Å². The highest BCUT2D eigenvalue weighted by atomic mass is 35.5. The number of benzene rings is 1. The SMILES string of the molecule is O=C(Cl)c1[nH]ncc1-c1ccccc1. The van der Waals surface area contributed by atoms with Gasteiger partial charge in [-0.2, -0.15) is 5.10 Å². The highest BCUT2D eigenvalue weighted by Crippen LogP contribution is 2.22. The Bertz CT molecular complexity index is 450. The van der Waals surface area contributed by atoms with E-state index in [1.54, 1.807) is 6.20 Å². The number of nitrogens with one attached hydrogen (secondary N) is 1. The molecule has 0 radical (unpaired) electrons. The fraction of sp³-hybridized carbons (Fsp3) is 0. The molecule has 0 spiro atoms. The molecule has 70 valence electrons. The lowest BCUT2D eigenvalue weighted by atomic mass is 10.1. The lowest BCUT2D eigenvalue weighted by Crippen LogP contribution is -1.91. The van der Waals surface area contributed by atoms with Crippen LogP contribution in [0.3, 0.4) is 0 Å². The minimum absolute atomic E-state index is 0.331. The Labute approximate surface area is 85.7 Å². The average molecular weight is 207 g/mol. The maximum Gasteiger partial charge on any atom is 0.270 e. The fourth-order valence-corrected chi connectivity index (χ4v) is 1.42. The third kappa shape index (κ3) is 1.54. The number of rotatable bonds is 2. The summed E-state index contributed by atoms with van der Waals surface area (Å²) in [4.78, 5) is 11.0. The van der Waals surface area contributed by atoms with Crippen LogP contribution < -0.4 is 0 Å². The van der Waals surface area contributed by atoms with Crippen LogP contribution in [-0.4, -0.2) is 15.4 Å². The maximum atomic E-state index is 11.0. The Balaban J connectivity index is 2.52. The molecule has 0 aliphatic heterocycles. The molecule has 0 atom stereocenters. The van der Waals surface area contributed by atoms with E-state index in [2.05, 4.69) is 10.2 Å². The molecule has 1 aromatic heterocycles. The second-order valence-corrected chi connectivity index (χ2v) is 3.14. The van der Waals surface area contributed by atoms with E-state index >= 15 is 0 Å². The van der Waals surface area contributed by atoms with Gasteiger partial charge >= 0.3 is 0 Å². The molecule has 0 saturated carbocycles. The van der Waals surface area contributed by atoms with Crippen molar-refractivity contribution in [2.24, 2.45) is 0 Å². The van der Waals surface area contributed by atoms with Crippen molar-refractivity contribution >= 4 is 16.8 Å². The van der Waals surface area contributed by atoms with Crippen LogP contribution in [-0.2, 0) is 0 Å². The molecule has 4 heteroatoms. The van der Waals surface area contributed by atoms with Gasteiger partial charge in [-0.05, 0) is 17.2 Å². The van der Waals surface area contributed by atoms with E-state index in [0.29, 0.717) is 5.69 Å². The van der Waals surface area contributed by atoms with Gasteiger partial charge in [0.05, 0.1) is 6.20 Å². The first-order valence-electron chi connectivity index (χ1n) is 4.07. The third-order valence-electron chi connectivity index (χ3n) is 1.92. The standard InChI is InChI=1S/C10H7ClN2O/c11-10(14)9-8(6-12-13-9)7-4-2-1-3-5-7/h1-6H,(H,12,13). The van der Waals surface area contributed by atoms with Gasteiger partial charge in [0.1, 0.15) is 5.69 Å². The van der Waals surface area contributed by atoms with Crippen LogP contribution in [0.4, 0.5) is 0 Å². The molecule has 1 heterocycles. The van der Waals surface area contributed by atoms with E-state index in [0.717, 1.165) is 11.1 Å². The van der Waals surface area contributed by atoms with Crippen LogP contribution in [0.25, 0.3) is 11.1 Å². The van der Waals surface area contributed by atoms with Crippen LogP contribution in [0.5, 0.6) is 0 Å². The number of aromatic amines is 1. The summed E-state index contributed by atoms with van der Waals surface area (Å²) in [6, 6.07) is 9.49. The number of hydrogen-bond donors (Lipinski definition) is 1. The summed E-state index contributed by atoms with van der Waals surface area (Å²) < 4.78 is 0. The lowest BCUT2D eigenvalue weighted by molar-refractivity contribution is 0.107. The first kappa shape index (κ1) is 8.97. The minimum atomic E-state index is -0.527. The summed E-state index contributed by atoms with van der Waals surface area (Å²) in [5, 5.41) is 5.84. The van der Waals surface area contributed by atoms with Crippen molar-refractivity contribution in [1.29, 1.82) is 0 Å². The first-order valence-corrected chi connectivity index (χ1v) is 4.45. The summed E-state index contributed by atoms with van der Waals surface area (Å²) in [6.45, 7) is 0. The lowest BCUT2D eigenvalue weighted by Gasteiger charge is -1.97. The van der Waals surface area contributed by atoms with Crippen molar-refractivity contribution < 1.29 is 4.79 Å². The summed E-state index contributed by atoms with van der Waals surface area (Å²) in [7, 11) is 0. The Morgan fingerprint density at radius 2 is 2.00 bits per heavy atom. The van der Waals surface area contributed by atoms with Crippen LogP contribution in [0.1, 0.15) is 10.5 Å². The largest absolute Gasteiger partial charge is 0.274 e. The van der Waals surface area contributed by atoms with Crippen LogP contribution >= 0.6 is 11.6 Å². The summed E-state index contributed by atoms with van der Waals surface area (Å²) in [5.41, 5.74) is 1.98. The third-order valence-corrected chi connectivity index (χ3v) is 2.11. The summed E-state index contributed by atoms with van der Waals surface area (Å²) in [5.74, 6) is 0. The number of nitrogens with zero attached hydrogens (tertiary/aromatic N) is 1. The Morgan fingerprint density at radius 3 is 2.64 bits per heavy atom.